The predicted molar refractivity (Wildman–Crippen MR) is 92.2 cm³/mol. The van der Waals surface area contributed by atoms with Crippen LogP contribution >= 0.6 is 0 Å². The van der Waals surface area contributed by atoms with Gasteiger partial charge in [0.05, 0.1) is 0 Å². The normalized spacial score (nSPS) is 18.0. The van der Waals surface area contributed by atoms with Crippen molar-refractivity contribution >= 4 is 18.0 Å². The van der Waals surface area contributed by atoms with Crippen LogP contribution in [0.25, 0.3) is 6.08 Å². The summed E-state index contributed by atoms with van der Waals surface area (Å²) in [6.07, 6.45) is 6.50. The Morgan fingerprint density at radius 2 is 1.84 bits per heavy atom. The van der Waals surface area contributed by atoms with Crippen LogP contribution < -0.4 is 9.47 Å². The Morgan fingerprint density at radius 1 is 1.12 bits per heavy atom. The van der Waals surface area contributed by atoms with Gasteiger partial charge in [-0.15, -0.1) is 0 Å². The second-order valence-corrected chi connectivity index (χ2v) is 6.26. The molecule has 0 radical (unpaired) electrons. The molecule has 0 N–H and O–H groups in total. The molecule has 0 aromatic heterocycles. The first kappa shape index (κ1) is 17.3. The van der Waals surface area contributed by atoms with E-state index in [0.29, 0.717) is 11.5 Å². The number of hydrogen-bond acceptors (Lipinski definition) is 5. The van der Waals surface area contributed by atoms with E-state index in [0.717, 1.165) is 44.3 Å². The zero-order valence-electron chi connectivity index (χ0n) is 14.4. The Bertz CT molecular complexity index is 662. The summed E-state index contributed by atoms with van der Waals surface area (Å²) in [5.74, 6) is 0.691. The summed E-state index contributed by atoms with van der Waals surface area (Å²) >= 11 is 0. The molecule has 3 rings (SSSR count). The van der Waals surface area contributed by atoms with Gasteiger partial charge in [0.25, 0.3) is 5.91 Å². The van der Waals surface area contributed by atoms with Gasteiger partial charge >= 0.3 is 5.97 Å². The van der Waals surface area contributed by atoms with Gasteiger partial charge in [-0.2, -0.15) is 0 Å². The van der Waals surface area contributed by atoms with Crippen LogP contribution in [0.15, 0.2) is 24.3 Å². The van der Waals surface area contributed by atoms with Crippen molar-refractivity contribution in [2.75, 3.05) is 19.9 Å². The van der Waals surface area contributed by atoms with Crippen molar-refractivity contribution in [2.24, 2.45) is 0 Å². The van der Waals surface area contributed by atoms with E-state index >= 15 is 0 Å². The Labute approximate surface area is 147 Å². The van der Waals surface area contributed by atoms with Crippen LogP contribution in [0.4, 0.5) is 0 Å². The summed E-state index contributed by atoms with van der Waals surface area (Å²) in [5, 5.41) is 0. The third-order valence-corrected chi connectivity index (χ3v) is 4.37. The van der Waals surface area contributed by atoms with E-state index in [1.807, 2.05) is 6.07 Å². The lowest BCUT2D eigenvalue weighted by molar-refractivity contribution is -0.155. The minimum atomic E-state index is -0.771. The molecule has 0 aliphatic carbocycles. The molecule has 1 saturated heterocycles. The lowest BCUT2D eigenvalue weighted by atomic mass is 10.2. The van der Waals surface area contributed by atoms with E-state index < -0.39 is 12.1 Å². The fraction of sp³-hybridized carbons (Fsp3) is 0.474. The number of benzene rings is 1. The molecule has 2 aliphatic rings. The molecule has 0 unspecified atom stereocenters. The Morgan fingerprint density at radius 3 is 2.60 bits per heavy atom. The maximum absolute atomic E-state index is 12.4. The zero-order valence-corrected chi connectivity index (χ0v) is 14.4. The standard InChI is InChI=1S/C19H23NO5/c1-14(19(22)20-10-4-2-3-5-11-20)25-18(21)9-7-15-6-8-16-17(12-15)24-13-23-16/h6-9,12,14H,2-5,10-11,13H2,1H3/b9-7-/t14-/m0/s1. The van der Waals surface area contributed by atoms with Crippen LogP contribution in [-0.4, -0.2) is 42.8 Å². The molecule has 1 aromatic rings. The Balaban J connectivity index is 1.53. The fourth-order valence-corrected chi connectivity index (χ4v) is 2.99. The maximum atomic E-state index is 12.4. The topological polar surface area (TPSA) is 65.1 Å². The third kappa shape index (κ3) is 4.53. The highest BCUT2D eigenvalue weighted by atomic mass is 16.7. The monoisotopic (exact) mass is 345 g/mol. The van der Waals surface area contributed by atoms with Gasteiger partial charge in [-0.1, -0.05) is 18.9 Å². The van der Waals surface area contributed by atoms with E-state index in [-0.39, 0.29) is 12.7 Å². The van der Waals surface area contributed by atoms with E-state index in [9.17, 15) is 9.59 Å². The number of hydrogen-bond donors (Lipinski definition) is 0. The molecule has 0 saturated carbocycles. The molecule has 1 atom stereocenters. The van der Waals surface area contributed by atoms with Gasteiger partial charge < -0.3 is 19.1 Å². The van der Waals surface area contributed by atoms with Gasteiger partial charge in [-0.25, -0.2) is 4.79 Å². The number of nitrogens with zero attached hydrogens (tertiary/aromatic N) is 1. The molecule has 25 heavy (non-hydrogen) atoms. The average molecular weight is 345 g/mol. The second kappa shape index (κ2) is 8.05. The molecule has 6 heteroatoms. The van der Waals surface area contributed by atoms with Crippen LogP contribution in [0.3, 0.4) is 0 Å². The highest BCUT2D eigenvalue weighted by Crippen LogP contribution is 2.32. The smallest absolute Gasteiger partial charge is 0.331 e. The van der Waals surface area contributed by atoms with Crippen molar-refractivity contribution in [3.63, 3.8) is 0 Å². The minimum Gasteiger partial charge on any atom is -0.454 e. The summed E-state index contributed by atoms with van der Waals surface area (Å²) < 4.78 is 15.8. The summed E-state index contributed by atoms with van der Waals surface area (Å²) in [7, 11) is 0. The number of esters is 1. The molecular formula is C19H23NO5. The number of carbonyl (C=O) groups excluding carboxylic acids is 2. The van der Waals surface area contributed by atoms with Crippen molar-refractivity contribution in [3.05, 3.63) is 29.8 Å². The lowest BCUT2D eigenvalue weighted by Gasteiger charge is -2.23. The third-order valence-electron chi connectivity index (χ3n) is 4.37. The molecular weight excluding hydrogens is 322 g/mol. The second-order valence-electron chi connectivity index (χ2n) is 6.26. The van der Waals surface area contributed by atoms with Crippen molar-refractivity contribution in [3.8, 4) is 11.5 Å². The Hall–Kier alpha value is -2.50. The quantitative estimate of drug-likeness (QED) is 0.620. The minimum absolute atomic E-state index is 0.119. The Kier molecular flexibility index (Phi) is 5.58. The van der Waals surface area contributed by atoms with E-state index in [1.165, 1.54) is 6.08 Å². The number of rotatable bonds is 4. The first-order valence-corrected chi connectivity index (χ1v) is 8.70. The summed E-state index contributed by atoms with van der Waals surface area (Å²) in [4.78, 5) is 26.2. The van der Waals surface area contributed by atoms with Gasteiger partial charge in [0.2, 0.25) is 6.79 Å². The van der Waals surface area contributed by atoms with E-state index in [2.05, 4.69) is 0 Å². The maximum Gasteiger partial charge on any atom is 0.331 e. The molecule has 1 aromatic carbocycles. The zero-order chi connectivity index (χ0) is 17.6. The van der Waals surface area contributed by atoms with Crippen molar-refractivity contribution in [2.45, 2.75) is 38.7 Å². The molecule has 1 fully saturated rings. The molecule has 0 bridgehead atoms. The summed E-state index contributed by atoms with van der Waals surface area (Å²) in [5.41, 5.74) is 0.799. The number of carbonyl (C=O) groups is 2. The van der Waals surface area contributed by atoms with Crippen molar-refractivity contribution < 1.29 is 23.8 Å². The average Bonchev–Trinajstić information content (AvgIpc) is 2.91. The molecule has 2 aliphatic heterocycles. The highest BCUT2D eigenvalue weighted by Gasteiger charge is 2.23. The van der Waals surface area contributed by atoms with Crippen LogP contribution in [0.1, 0.15) is 38.2 Å². The number of fused-ring (bicyclic) bond motifs is 1. The first-order valence-electron chi connectivity index (χ1n) is 8.70. The molecule has 6 nitrogen and oxygen atoms in total. The van der Waals surface area contributed by atoms with Crippen molar-refractivity contribution in [1.29, 1.82) is 0 Å². The highest BCUT2D eigenvalue weighted by molar-refractivity contribution is 5.90. The predicted octanol–water partition coefficient (Wildman–Crippen LogP) is 2.76. The van der Waals surface area contributed by atoms with Gasteiger partial charge in [0.15, 0.2) is 17.6 Å². The summed E-state index contributed by atoms with van der Waals surface area (Å²) in [6.45, 7) is 3.32. The van der Waals surface area contributed by atoms with Crippen LogP contribution in [0.2, 0.25) is 0 Å². The largest absolute Gasteiger partial charge is 0.454 e. The van der Waals surface area contributed by atoms with Gasteiger partial charge in [0.1, 0.15) is 0 Å². The van der Waals surface area contributed by atoms with Crippen molar-refractivity contribution in [1.82, 2.24) is 4.90 Å². The van der Waals surface area contributed by atoms with Crippen LogP contribution in [0.5, 0.6) is 11.5 Å². The number of amides is 1. The number of likely N-dealkylation sites (tertiary alicyclic amines) is 1. The van der Waals surface area contributed by atoms with Crippen LogP contribution in [0, 0.1) is 0 Å². The molecule has 134 valence electrons. The summed E-state index contributed by atoms with van der Waals surface area (Å²) in [6, 6.07) is 5.40. The van der Waals surface area contributed by atoms with E-state index in [4.69, 9.17) is 14.2 Å². The SMILES string of the molecule is C[C@H](OC(=O)/C=C\c1ccc2c(c1)OCO2)C(=O)N1CCCCCC1. The van der Waals surface area contributed by atoms with E-state index in [1.54, 1.807) is 30.0 Å². The van der Waals surface area contributed by atoms with Crippen LogP contribution in [-0.2, 0) is 14.3 Å². The van der Waals surface area contributed by atoms with Gasteiger partial charge in [-0.05, 0) is 43.5 Å². The molecule has 0 spiro atoms. The molecule has 2 heterocycles. The number of ether oxygens (including phenoxy) is 3. The van der Waals surface area contributed by atoms with Gasteiger partial charge in [0, 0.05) is 19.2 Å². The molecule has 1 amide bonds. The lowest BCUT2D eigenvalue weighted by Crippen LogP contribution is -2.40. The fourth-order valence-electron chi connectivity index (χ4n) is 2.99. The van der Waals surface area contributed by atoms with Gasteiger partial charge in [-0.3, -0.25) is 4.79 Å². The first-order chi connectivity index (χ1) is 12.1.